The van der Waals surface area contributed by atoms with E-state index in [1.54, 1.807) is 0 Å². The van der Waals surface area contributed by atoms with Crippen LogP contribution in [0.5, 0.6) is 5.75 Å². The molecule has 1 aromatic carbocycles. The molecule has 1 aromatic rings. The van der Waals surface area contributed by atoms with Gasteiger partial charge in [-0.15, -0.1) is 13.2 Å². The second-order valence-electron chi connectivity index (χ2n) is 3.03. The van der Waals surface area contributed by atoms with Crippen LogP contribution in [0.3, 0.4) is 0 Å². The number of aliphatic hydroxyl groups is 1. The Hall–Kier alpha value is -1.44. The molecule has 0 radical (unpaired) electrons. The van der Waals surface area contributed by atoms with Crippen LogP contribution in [0.4, 0.5) is 26.3 Å². The molecule has 0 aliphatic rings. The maximum atomic E-state index is 12.2. The lowest BCUT2D eigenvalue weighted by Crippen LogP contribution is -2.19. The maximum absolute atomic E-state index is 12.2. The van der Waals surface area contributed by atoms with E-state index in [1.165, 1.54) is 0 Å². The van der Waals surface area contributed by atoms with Crippen molar-refractivity contribution in [2.45, 2.75) is 19.1 Å². The molecule has 1 N–H and O–H groups in total. The van der Waals surface area contributed by atoms with Crippen molar-refractivity contribution in [3.8, 4) is 5.75 Å². The van der Waals surface area contributed by atoms with Crippen molar-refractivity contribution in [1.29, 1.82) is 0 Å². The Kier molecular flexibility index (Phi) is 3.56. The molecule has 0 fully saturated rings. The fourth-order valence-electron chi connectivity index (χ4n) is 1.08. The minimum atomic E-state index is -5.12. The van der Waals surface area contributed by atoms with Gasteiger partial charge in [-0.2, -0.15) is 13.2 Å². The van der Waals surface area contributed by atoms with Crippen molar-refractivity contribution >= 4 is 0 Å². The Labute approximate surface area is 91.4 Å². The van der Waals surface area contributed by atoms with E-state index in [4.69, 9.17) is 5.11 Å². The van der Waals surface area contributed by atoms with Gasteiger partial charge in [0.2, 0.25) is 0 Å². The van der Waals surface area contributed by atoms with Gasteiger partial charge in [-0.3, -0.25) is 0 Å². The van der Waals surface area contributed by atoms with Crippen LogP contribution in [0, 0.1) is 0 Å². The van der Waals surface area contributed by atoms with Crippen molar-refractivity contribution in [1.82, 2.24) is 0 Å². The predicted molar refractivity (Wildman–Crippen MR) is 44.0 cm³/mol. The largest absolute Gasteiger partial charge is 0.573 e. The van der Waals surface area contributed by atoms with Gasteiger partial charge >= 0.3 is 12.5 Å². The Morgan fingerprint density at radius 2 is 1.65 bits per heavy atom. The quantitative estimate of drug-likeness (QED) is 0.828. The Morgan fingerprint density at radius 3 is 2.06 bits per heavy atom. The molecule has 0 aliphatic carbocycles. The van der Waals surface area contributed by atoms with Crippen LogP contribution in [-0.4, -0.2) is 11.5 Å². The number of rotatable bonds is 2. The summed E-state index contributed by atoms with van der Waals surface area (Å²) in [5, 5.41) is 8.68. The van der Waals surface area contributed by atoms with Gasteiger partial charge in [-0.1, -0.05) is 6.07 Å². The lowest BCUT2D eigenvalue weighted by atomic mass is 10.1. The molecule has 0 atom stereocenters. The first-order valence-corrected chi connectivity index (χ1v) is 4.20. The van der Waals surface area contributed by atoms with Crippen LogP contribution in [0.15, 0.2) is 18.2 Å². The summed E-state index contributed by atoms with van der Waals surface area (Å²) in [6, 6.07) is 1.48. The molecule has 0 saturated heterocycles. The van der Waals surface area contributed by atoms with Crippen molar-refractivity contribution in [2.75, 3.05) is 0 Å². The van der Waals surface area contributed by atoms with E-state index < -0.39 is 30.5 Å². The first-order valence-electron chi connectivity index (χ1n) is 4.20. The monoisotopic (exact) mass is 260 g/mol. The Morgan fingerprint density at radius 1 is 1.06 bits per heavy atom. The van der Waals surface area contributed by atoms with E-state index in [-0.39, 0.29) is 11.6 Å². The fraction of sp³-hybridized carbons (Fsp3) is 0.333. The Balaban J connectivity index is 3.16. The summed E-state index contributed by atoms with van der Waals surface area (Å²) in [6.07, 6.45) is -9.90. The molecule has 2 nitrogen and oxygen atoms in total. The van der Waals surface area contributed by atoms with E-state index in [9.17, 15) is 26.3 Å². The third-order valence-corrected chi connectivity index (χ3v) is 1.79. The number of alkyl halides is 6. The maximum Gasteiger partial charge on any atom is 0.573 e. The fourth-order valence-corrected chi connectivity index (χ4v) is 1.08. The first kappa shape index (κ1) is 13.6. The molecule has 8 heteroatoms. The second-order valence-corrected chi connectivity index (χ2v) is 3.03. The molecule has 0 unspecified atom stereocenters. The van der Waals surface area contributed by atoms with E-state index in [2.05, 4.69) is 4.74 Å². The van der Waals surface area contributed by atoms with Crippen molar-refractivity contribution < 1.29 is 36.2 Å². The predicted octanol–water partition coefficient (Wildman–Crippen LogP) is 3.10. The molecule has 0 aliphatic heterocycles. The van der Waals surface area contributed by atoms with Crippen molar-refractivity contribution in [2.24, 2.45) is 0 Å². The summed E-state index contributed by atoms with van der Waals surface area (Å²) in [5.74, 6) is -1.06. The third-order valence-electron chi connectivity index (χ3n) is 1.79. The molecule has 0 aromatic heterocycles. The number of benzene rings is 1. The van der Waals surface area contributed by atoms with E-state index >= 15 is 0 Å². The van der Waals surface area contributed by atoms with Gasteiger partial charge in [0.05, 0.1) is 12.2 Å². The van der Waals surface area contributed by atoms with Crippen LogP contribution >= 0.6 is 0 Å². The van der Waals surface area contributed by atoms with Gasteiger partial charge in [0.25, 0.3) is 0 Å². The molecule has 17 heavy (non-hydrogen) atoms. The van der Waals surface area contributed by atoms with E-state index in [0.717, 1.165) is 6.07 Å². The smallest absolute Gasteiger partial charge is 0.405 e. The topological polar surface area (TPSA) is 29.5 Å². The highest BCUT2D eigenvalue weighted by Gasteiger charge is 2.35. The zero-order valence-electron chi connectivity index (χ0n) is 8.06. The highest BCUT2D eigenvalue weighted by atomic mass is 19.4. The SMILES string of the molecule is OCc1ccc(C(F)(F)F)cc1OC(F)(F)F. The molecular weight excluding hydrogens is 254 g/mol. The number of halogens is 6. The average Bonchev–Trinajstić information content (AvgIpc) is 2.13. The summed E-state index contributed by atoms with van der Waals surface area (Å²) in [7, 11) is 0. The van der Waals surface area contributed by atoms with Crippen LogP contribution in [0.25, 0.3) is 0 Å². The standard InChI is InChI=1S/C9H6F6O2/c10-8(11,12)6-2-1-5(4-16)7(3-6)17-9(13,14)15/h1-3,16H,4H2. The van der Waals surface area contributed by atoms with Crippen LogP contribution in [0.2, 0.25) is 0 Å². The van der Waals surface area contributed by atoms with Crippen molar-refractivity contribution in [3.05, 3.63) is 29.3 Å². The number of aliphatic hydroxyl groups excluding tert-OH is 1. The average molecular weight is 260 g/mol. The highest BCUT2D eigenvalue weighted by molar-refractivity contribution is 5.38. The summed E-state index contributed by atoms with van der Waals surface area (Å²) in [4.78, 5) is 0. The first-order chi connectivity index (χ1) is 7.63. The minimum absolute atomic E-state index is 0.193. The lowest BCUT2D eigenvalue weighted by molar-refractivity contribution is -0.275. The number of hydrogen-bond donors (Lipinski definition) is 1. The van der Waals surface area contributed by atoms with Crippen molar-refractivity contribution in [3.63, 3.8) is 0 Å². The molecular formula is C9H6F6O2. The molecule has 0 amide bonds. The zero-order valence-corrected chi connectivity index (χ0v) is 8.06. The minimum Gasteiger partial charge on any atom is -0.405 e. The summed E-state index contributed by atoms with van der Waals surface area (Å²) in [6.45, 7) is -0.858. The Bertz CT molecular complexity index is 395. The molecule has 0 saturated carbocycles. The van der Waals surface area contributed by atoms with Crippen LogP contribution in [0.1, 0.15) is 11.1 Å². The van der Waals surface area contributed by atoms with Crippen LogP contribution < -0.4 is 4.74 Å². The lowest BCUT2D eigenvalue weighted by Gasteiger charge is -2.14. The third kappa shape index (κ3) is 3.81. The van der Waals surface area contributed by atoms with E-state index in [0.29, 0.717) is 6.07 Å². The molecule has 96 valence electrons. The summed E-state index contributed by atoms with van der Waals surface area (Å²) < 4.78 is 75.8. The number of ether oxygens (including phenoxy) is 1. The molecule has 0 bridgehead atoms. The van der Waals surface area contributed by atoms with E-state index in [1.807, 2.05) is 0 Å². The van der Waals surface area contributed by atoms with Gasteiger partial charge in [0.15, 0.2) is 0 Å². The molecule has 0 spiro atoms. The van der Waals surface area contributed by atoms with Gasteiger partial charge in [-0.25, -0.2) is 0 Å². The van der Waals surface area contributed by atoms with Gasteiger partial charge in [0, 0.05) is 5.56 Å². The highest BCUT2D eigenvalue weighted by Crippen LogP contribution is 2.35. The zero-order chi connectivity index (χ0) is 13.3. The summed E-state index contributed by atoms with van der Waals surface area (Å²) >= 11 is 0. The van der Waals surface area contributed by atoms with Gasteiger partial charge in [0.1, 0.15) is 5.75 Å². The van der Waals surface area contributed by atoms with Crippen LogP contribution in [-0.2, 0) is 12.8 Å². The second kappa shape index (κ2) is 4.44. The van der Waals surface area contributed by atoms with Gasteiger partial charge in [-0.05, 0) is 12.1 Å². The molecule has 1 rings (SSSR count). The molecule has 0 heterocycles. The van der Waals surface area contributed by atoms with Gasteiger partial charge < -0.3 is 9.84 Å². The summed E-state index contributed by atoms with van der Waals surface area (Å²) in [5.41, 5.74) is -1.66. The number of hydrogen-bond acceptors (Lipinski definition) is 2. The normalized spacial score (nSPS) is 12.6.